The van der Waals surface area contributed by atoms with Gasteiger partial charge in [-0.1, -0.05) is 6.07 Å². The second-order valence-electron chi connectivity index (χ2n) is 10.6. The number of amides is 3. The van der Waals surface area contributed by atoms with Crippen molar-refractivity contribution in [1.82, 2.24) is 0 Å². The van der Waals surface area contributed by atoms with E-state index in [1.807, 2.05) is 32.0 Å². The molecule has 2 heterocycles. The highest BCUT2D eigenvalue weighted by molar-refractivity contribution is 6.22. The van der Waals surface area contributed by atoms with Gasteiger partial charge in [0.15, 0.2) is 0 Å². The molecular weight excluding hydrogens is 444 g/mol. The summed E-state index contributed by atoms with van der Waals surface area (Å²) in [4.78, 5) is 54.4. The first kappa shape index (κ1) is 22.0. The lowest BCUT2D eigenvalue weighted by Crippen LogP contribution is -2.32. The average Bonchev–Trinajstić information content (AvgIpc) is 3.57. The molecule has 0 aromatic heterocycles. The van der Waals surface area contributed by atoms with Crippen LogP contribution < -0.4 is 14.5 Å². The Balaban J connectivity index is 1.13. The highest BCUT2D eigenvalue weighted by Gasteiger charge is 2.61. The fourth-order valence-electron chi connectivity index (χ4n) is 6.75. The van der Waals surface area contributed by atoms with Crippen LogP contribution >= 0.6 is 0 Å². The lowest BCUT2D eigenvalue weighted by atomic mass is 9.81. The molecule has 35 heavy (non-hydrogen) atoms. The van der Waals surface area contributed by atoms with Crippen LogP contribution in [0.1, 0.15) is 36.8 Å². The molecule has 180 valence electrons. The molecular formula is C28H28N2O5. The van der Waals surface area contributed by atoms with Crippen molar-refractivity contribution >= 4 is 35.1 Å². The summed E-state index contributed by atoms with van der Waals surface area (Å²) in [6.07, 6.45) is 3.18. The van der Waals surface area contributed by atoms with Crippen LogP contribution in [-0.2, 0) is 19.2 Å². The third kappa shape index (κ3) is 3.56. The van der Waals surface area contributed by atoms with E-state index in [0.717, 1.165) is 36.1 Å². The van der Waals surface area contributed by atoms with Gasteiger partial charge in [-0.3, -0.25) is 24.1 Å². The minimum absolute atomic E-state index is 0.0899. The molecule has 7 heteroatoms. The number of aryl methyl sites for hydroxylation is 2. The van der Waals surface area contributed by atoms with E-state index in [1.165, 1.54) is 4.90 Å². The van der Waals surface area contributed by atoms with Crippen molar-refractivity contribution in [1.29, 1.82) is 0 Å². The summed E-state index contributed by atoms with van der Waals surface area (Å²) < 4.78 is 5.56. The summed E-state index contributed by atoms with van der Waals surface area (Å²) in [5, 5.41) is 0. The Morgan fingerprint density at radius 1 is 0.857 bits per heavy atom. The smallest absolute Gasteiger partial charge is 0.316 e. The predicted molar refractivity (Wildman–Crippen MR) is 129 cm³/mol. The molecule has 2 aromatic carbocycles. The highest BCUT2D eigenvalue weighted by Crippen LogP contribution is 2.56. The number of hydrogen-bond acceptors (Lipinski definition) is 5. The molecule has 0 spiro atoms. The molecule has 0 N–H and O–H groups in total. The Bertz CT molecular complexity index is 1200. The van der Waals surface area contributed by atoms with E-state index in [9.17, 15) is 19.2 Å². The zero-order chi connectivity index (χ0) is 24.4. The molecule has 0 unspecified atom stereocenters. The first-order valence-electron chi connectivity index (χ1n) is 12.4. The van der Waals surface area contributed by atoms with Gasteiger partial charge in [0.1, 0.15) is 5.75 Å². The quantitative estimate of drug-likeness (QED) is 0.384. The van der Waals surface area contributed by atoms with Crippen LogP contribution in [0.15, 0.2) is 42.5 Å². The third-order valence-electron chi connectivity index (χ3n) is 8.22. The van der Waals surface area contributed by atoms with Crippen LogP contribution in [0, 0.1) is 43.4 Å². The number of nitrogens with zero attached hydrogens (tertiary/aromatic N) is 2. The van der Waals surface area contributed by atoms with E-state index in [4.69, 9.17) is 4.74 Å². The number of anilines is 2. The zero-order valence-corrected chi connectivity index (χ0v) is 19.9. The first-order valence-corrected chi connectivity index (χ1v) is 12.4. The maximum absolute atomic E-state index is 13.0. The molecule has 2 saturated heterocycles. The lowest BCUT2D eigenvalue weighted by Gasteiger charge is -2.19. The largest absolute Gasteiger partial charge is 0.426 e. The third-order valence-corrected chi connectivity index (χ3v) is 8.22. The number of benzene rings is 2. The fourth-order valence-corrected chi connectivity index (χ4v) is 6.75. The second kappa shape index (κ2) is 8.04. The van der Waals surface area contributed by atoms with E-state index in [0.29, 0.717) is 23.3 Å². The summed E-state index contributed by atoms with van der Waals surface area (Å²) in [5.74, 6) is -0.628. The number of esters is 1. The number of carbonyl (C=O) groups is 4. The van der Waals surface area contributed by atoms with Gasteiger partial charge >= 0.3 is 5.97 Å². The molecule has 2 aromatic rings. The first-order chi connectivity index (χ1) is 16.8. The standard InChI is InChI=1S/C28H28N2O5/c1-15-9-16(2)11-21(10-15)29-14-19(13-23(29)31)28(34)35-22-7-5-20(6-8-22)30-26(32)24-17-3-4-18(12-17)25(24)27(30)33/h5-11,17-19,24-25H,3-4,12-14H2,1-2H3/t17-,18+,19-,24-,25-/m0/s1. The van der Waals surface area contributed by atoms with Crippen LogP contribution in [0.5, 0.6) is 5.75 Å². The number of rotatable bonds is 4. The number of carbonyl (C=O) groups excluding carboxylic acids is 4. The molecule has 6 rings (SSSR count). The Labute approximate surface area is 204 Å². The van der Waals surface area contributed by atoms with Crippen molar-refractivity contribution in [2.75, 3.05) is 16.3 Å². The van der Waals surface area contributed by atoms with Gasteiger partial charge in [0.05, 0.1) is 23.4 Å². The Morgan fingerprint density at radius 2 is 1.46 bits per heavy atom. The molecule has 2 saturated carbocycles. The Hall–Kier alpha value is -3.48. The van der Waals surface area contributed by atoms with Crippen LogP contribution in [0.3, 0.4) is 0 Å². The van der Waals surface area contributed by atoms with Gasteiger partial charge in [0.2, 0.25) is 17.7 Å². The van der Waals surface area contributed by atoms with Crippen molar-refractivity contribution in [3.8, 4) is 5.75 Å². The van der Waals surface area contributed by atoms with E-state index in [1.54, 1.807) is 29.2 Å². The molecule has 2 bridgehead atoms. The van der Waals surface area contributed by atoms with Crippen LogP contribution in [-0.4, -0.2) is 30.2 Å². The van der Waals surface area contributed by atoms with Gasteiger partial charge in [-0.05, 0) is 92.5 Å². The van der Waals surface area contributed by atoms with Crippen molar-refractivity contribution in [3.05, 3.63) is 53.6 Å². The maximum Gasteiger partial charge on any atom is 0.316 e. The lowest BCUT2D eigenvalue weighted by molar-refractivity contribution is -0.139. The van der Waals surface area contributed by atoms with Crippen molar-refractivity contribution in [3.63, 3.8) is 0 Å². The number of ether oxygens (including phenoxy) is 1. The molecule has 4 fully saturated rings. The zero-order valence-electron chi connectivity index (χ0n) is 19.9. The molecule has 7 nitrogen and oxygen atoms in total. The topological polar surface area (TPSA) is 84.0 Å². The molecule has 5 atom stereocenters. The molecule has 0 radical (unpaired) electrons. The van der Waals surface area contributed by atoms with E-state index in [2.05, 4.69) is 0 Å². The van der Waals surface area contributed by atoms with Gasteiger partial charge in [0, 0.05) is 18.7 Å². The van der Waals surface area contributed by atoms with Crippen LogP contribution in [0.25, 0.3) is 0 Å². The number of imide groups is 1. The summed E-state index contributed by atoms with van der Waals surface area (Å²) in [5.41, 5.74) is 3.44. The van der Waals surface area contributed by atoms with E-state index >= 15 is 0 Å². The highest BCUT2D eigenvalue weighted by atomic mass is 16.5. The van der Waals surface area contributed by atoms with Crippen LogP contribution in [0.2, 0.25) is 0 Å². The fraction of sp³-hybridized carbons (Fsp3) is 0.429. The maximum atomic E-state index is 13.0. The monoisotopic (exact) mass is 472 g/mol. The number of hydrogen-bond donors (Lipinski definition) is 0. The second-order valence-corrected chi connectivity index (χ2v) is 10.6. The summed E-state index contributed by atoms with van der Waals surface area (Å²) in [6, 6.07) is 12.4. The van der Waals surface area contributed by atoms with Crippen molar-refractivity contribution in [2.24, 2.45) is 29.6 Å². The van der Waals surface area contributed by atoms with Gasteiger partial charge in [0.25, 0.3) is 0 Å². The van der Waals surface area contributed by atoms with Gasteiger partial charge in [-0.25, -0.2) is 0 Å². The van der Waals surface area contributed by atoms with E-state index < -0.39 is 11.9 Å². The van der Waals surface area contributed by atoms with Crippen molar-refractivity contribution < 1.29 is 23.9 Å². The normalized spacial score (nSPS) is 29.3. The average molecular weight is 473 g/mol. The minimum atomic E-state index is -0.556. The Kier molecular flexibility index (Phi) is 5.06. The van der Waals surface area contributed by atoms with Gasteiger partial charge in [-0.15, -0.1) is 0 Å². The summed E-state index contributed by atoms with van der Waals surface area (Å²) in [6.45, 7) is 4.24. The predicted octanol–water partition coefficient (Wildman–Crippen LogP) is 3.80. The van der Waals surface area contributed by atoms with Gasteiger partial charge < -0.3 is 9.64 Å². The molecule has 2 aliphatic heterocycles. The molecule has 4 aliphatic rings. The van der Waals surface area contributed by atoms with E-state index in [-0.39, 0.29) is 42.5 Å². The number of fused-ring (bicyclic) bond motifs is 5. The SMILES string of the molecule is Cc1cc(C)cc(N2C[C@@H](C(=O)Oc3ccc(N4C(=O)[C@H]5[C@@H]6CC[C@@H](C6)[C@@H]5C4=O)cc3)CC2=O)c1. The summed E-state index contributed by atoms with van der Waals surface area (Å²) >= 11 is 0. The minimum Gasteiger partial charge on any atom is -0.426 e. The van der Waals surface area contributed by atoms with Gasteiger partial charge in [-0.2, -0.15) is 0 Å². The molecule has 2 aliphatic carbocycles. The Morgan fingerprint density at radius 3 is 2.06 bits per heavy atom. The van der Waals surface area contributed by atoms with Crippen LogP contribution in [0.4, 0.5) is 11.4 Å². The molecule has 3 amide bonds. The van der Waals surface area contributed by atoms with Crippen molar-refractivity contribution in [2.45, 2.75) is 39.5 Å². The summed E-state index contributed by atoms with van der Waals surface area (Å²) in [7, 11) is 0.